The van der Waals surface area contributed by atoms with E-state index in [1.807, 2.05) is 12.1 Å². The number of anilines is 1. The number of amides is 1. The monoisotopic (exact) mass is 403 g/mol. The van der Waals surface area contributed by atoms with Gasteiger partial charge in [-0.25, -0.2) is 9.59 Å². The second-order valence-electron chi connectivity index (χ2n) is 5.46. The standard InChI is InChI=1S/C20H21NO6S/c1-4-6-17(23)27-11-16(22)21-19-18(20(24)26-5-2)15(12-28-19)13-7-9-14(25-3)10-8-13/h4,6-10,12H,5,11H2,1-3H3,(H,21,22)/b6-4+. The predicted molar refractivity (Wildman–Crippen MR) is 107 cm³/mol. The van der Waals surface area contributed by atoms with Gasteiger partial charge in [0.05, 0.1) is 13.7 Å². The Morgan fingerprint density at radius 1 is 1.14 bits per heavy atom. The molecule has 1 amide bonds. The number of carbonyl (C=O) groups is 3. The topological polar surface area (TPSA) is 90.9 Å². The van der Waals surface area contributed by atoms with E-state index >= 15 is 0 Å². The van der Waals surface area contributed by atoms with Crippen LogP contribution in [0.15, 0.2) is 41.8 Å². The fourth-order valence-corrected chi connectivity index (χ4v) is 3.30. The zero-order chi connectivity index (χ0) is 20.5. The summed E-state index contributed by atoms with van der Waals surface area (Å²) in [6.07, 6.45) is 2.73. The average Bonchev–Trinajstić information content (AvgIpc) is 3.10. The van der Waals surface area contributed by atoms with E-state index in [1.54, 1.807) is 38.5 Å². The van der Waals surface area contributed by atoms with Gasteiger partial charge in [0.1, 0.15) is 16.3 Å². The zero-order valence-electron chi connectivity index (χ0n) is 15.8. The Morgan fingerprint density at radius 2 is 1.86 bits per heavy atom. The molecular weight excluding hydrogens is 382 g/mol. The van der Waals surface area contributed by atoms with Crippen molar-refractivity contribution in [3.63, 3.8) is 0 Å². The third-order valence-corrected chi connectivity index (χ3v) is 4.47. The fraction of sp³-hybridized carbons (Fsp3) is 0.250. The Labute approximate surface area is 166 Å². The molecule has 0 fully saturated rings. The van der Waals surface area contributed by atoms with Crippen molar-refractivity contribution in [3.8, 4) is 16.9 Å². The van der Waals surface area contributed by atoms with E-state index in [2.05, 4.69) is 5.32 Å². The summed E-state index contributed by atoms with van der Waals surface area (Å²) in [6.45, 7) is 3.11. The molecule has 0 aliphatic heterocycles. The summed E-state index contributed by atoms with van der Waals surface area (Å²) in [5.41, 5.74) is 1.66. The van der Waals surface area contributed by atoms with Gasteiger partial charge in [0.25, 0.3) is 5.91 Å². The van der Waals surface area contributed by atoms with Crippen LogP contribution in [-0.2, 0) is 19.1 Å². The molecule has 148 valence electrons. The van der Waals surface area contributed by atoms with Crippen molar-refractivity contribution in [2.75, 3.05) is 25.6 Å². The molecule has 1 aromatic heterocycles. The van der Waals surface area contributed by atoms with E-state index in [-0.39, 0.29) is 12.2 Å². The molecule has 0 bridgehead atoms. The first-order valence-corrected chi connectivity index (χ1v) is 9.40. The van der Waals surface area contributed by atoms with Crippen LogP contribution >= 0.6 is 11.3 Å². The van der Waals surface area contributed by atoms with Gasteiger partial charge in [0.15, 0.2) is 6.61 Å². The molecule has 0 atom stereocenters. The first-order chi connectivity index (χ1) is 13.5. The van der Waals surface area contributed by atoms with E-state index in [0.29, 0.717) is 16.3 Å². The minimum Gasteiger partial charge on any atom is -0.497 e. The van der Waals surface area contributed by atoms with Crippen molar-refractivity contribution >= 4 is 34.2 Å². The number of nitrogens with one attached hydrogen (secondary N) is 1. The van der Waals surface area contributed by atoms with Gasteiger partial charge in [0, 0.05) is 17.0 Å². The average molecular weight is 403 g/mol. The number of ether oxygens (including phenoxy) is 3. The number of hydrogen-bond donors (Lipinski definition) is 1. The highest BCUT2D eigenvalue weighted by Gasteiger charge is 2.23. The highest BCUT2D eigenvalue weighted by molar-refractivity contribution is 7.15. The molecule has 0 saturated heterocycles. The lowest BCUT2D eigenvalue weighted by Gasteiger charge is -2.09. The van der Waals surface area contributed by atoms with Crippen molar-refractivity contribution in [1.82, 2.24) is 0 Å². The van der Waals surface area contributed by atoms with E-state index in [0.717, 1.165) is 5.56 Å². The number of allylic oxidation sites excluding steroid dienone is 1. The van der Waals surface area contributed by atoms with Crippen molar-refractivity contribution in [2.24, 2.45) is 0 Å². The van der Waals surface area contributed by atoms with Crippen molar-refractivity contribution in [3.05, 3.63) is 47.4 Å². The smallest absolute Gasteiger partial charge is 0.341 e. The zero-order valence-corrected chi connectivity index (χ0v) is 16.6. The van der Waals surface area contributed by atoms with Crippen LogP contribution in [0.5, 0.6) is 5.75 Å². The molecule has 28 heavy (non-hydrogen) atoms. The molecule has 1 N–H and O–H groups in total. The fourth-order valence-electron chi connectivity index (χ4n) is 2.32. The van der Waals surface area contributed by atoms with Gasteiger partial charge < -0.3 is 19.5 Å². The van der Waals surface area contributed by atoms with E-state index in [1.165, 1.54) is 23.5 Å². The lowest BCUT2D eigenvalue weighted by Crippen LogP contribution is -2.21. The molecule has 0 spiro atoms. The van der Waals surface area contributed by atoms with E-state index in [9.17, 15) is 14.4 Å². The number of methoxy groups -OCH3 is 1. The maximum absolute atomic E-state index is 12.5. The number of thiophene rings is 1. The van der Waals surface area contributed by atoms with Crippen LogP contribution in [0, 0.1) is 0 Å². The maximum atomic E-state index is 12.5. The van der Waals surface area contributed by atoms with Gasteiger partial charge in [-0.15, -0.1) is 11.3 Å². The molecule has 0 saturated carbocycles. The number of carbonyl (C=O) groups excluding carboxylic acids is 3. The van der Waals surface area contributed by atoms with Gasteiger partial charge in [-0.1, -0.05) is 18.2 Å². The van der Waals surface area contributed by atoms with Gasteiger partial charge in [-0.3, -0.25) is 4.79 Å². The second-order valence-corrected chi connectivity index (χ2v) is 6.34. The Hall–Kier alpha value is -3.13. The Bertz CT molecular complexity index is 869. The highest BCUT2D eigenvalue weighted by atomic mass is 32.1. The normalized spacial score (nSPS) is 10.5. The van der Waals surface area contributed by atoms with Crippen LogP contribution in [0.4, 0.5) is 5.00 Å². The quantitative estimate of drug-likeness (QED) is 0.534. The number of benzene rings is 1. The lowest BCUT2D eigenvalue weighted by molar-refractivity contribution is -0.142. The van der Waals surface area contributed by atoms with Crippen LogP contribution < -0.4 is 10.1 Å². The minimum atomic E-state index is -0.617. The molecule has 0 radical (unpaired) electrons. The summed E-state index contributed by atoms with van der Waals surface area (Å²) in [6, 6.07) is 7.18. The number of esters is 2. The van der Waals surface area contributed by atoms with Crippen LogP contribution in [-0.4, -0.2) is 38.2 Å². The van der Waals surface area contributed by atoms with Gasteiger partial charge in [-0.2, -0.15) is 0 Å². The number of rotatable bonds is 8. The van der Waals surface area contributed by atoms with E-state index < -0.39 is 24.5 Å². The summed E-state index contributed by atoms with van der Waals surface area (Å²) in [5.74, 6) is -1.02. The minimum absolute atomic E-state index is 0.199. The summed E-state index contributed by atoms with van der Waals surface area (Å²) in [7, 11) is 1.57. The summed E-state index contributed by atoms with van der Waals surface area (Å²) in [5, 5.41) is 4.70. The molecule has 0 aliphatic rings. The molecule has 2 rings (SSSR count). The lowest BCUT2D eigenvalue weighted by atomic mass is 10.0. The third kappa shape index (κ3) is 5.43. The van der Waals surface area contributed by atoms with Gasteiger partial charge >= 0.3 is 11.9 Å². The largest absolute Gasteiger partial charge is 0.497 e. The highest BCUT2D eigenvalue weighted by Crippen LogP contribution is 2.36. The molecule has 8 heteroatoms. The molecule has 7 nitrogen and oxygen atoms in total. The van der Waals surface area contributed by atoms with Crippen LogP contribution in [0.2, 0.25) is 0 Å². The predicted octanol–water partition coefficient (Wildman–Crippen LogP) is 3.66. The first-order valence-electron chi connectivity index (χ1n) is 8.52. The van der Waals surface area contributed by atoms with Crippen LogP contribution in [0.1, 0.15) is 24.2 Å². The van der Waals surface area contributed by atoms with E-state index in [4.69, 9.17) is 14.2 Å². The molecule has 0 aliphatic carbocycles. The molecule has 0 unspecified atom stereocenters. The molecular formula is C20H21NO6S. The maximum Gasteiger partial charge on any atom is 0.341 e. The summed E-state index contributed by atoms with van der Waals surface area (Å²) >= 11 is 1.19. The molecule has 1 aromatic carbocycles. The Balaban J connectivity index is 2.26. The first kappa shape index (κ1) is 21.2. The van der Waals surface area contributed by atoms with Crippen LogP contribution in [0.25, 0.3) is 11.1 Å². The molecule has 2 aromatic rings. The van der Waals surface area contributed by atoms with Crippen molar-refractivity contribution in [2.45, 2.75) is 13.8 Å². The van der Waals surface area contributed by atoms with Gasteiger partial charge in [0.2, 0.25) is 0 Å². The van der Waals surface area contributed by atoms with Crippen LogP contribution in [0.3, 0.4) is 0 Å². The molecule has 1 heterocycles. The third-order valence-electron chi connectivity index (χ3n) is 3.57. The van der Waals surface area contributed by atoms with Crippen molar-refractivity contribution < 1.29 is 28.6 Å². The summed E-state index contributed by atoms with van der Waals surface area (Å²) < 4.78 is 15.1. The SMILES string of the molecule is C/C=C/C(=O)OCC(=O)Nc1scc(-c2ccc(OC)cc2)c1C(=O)OCC. The number of hydrogen-bond acceptors (Lipinski definition) is 7. The Kier molecular flexibility index (Phi) is 7.76. The Morgan fingerprint density at radius 3 is 2.46 bits per heavy atom. The summed E-state index contributed by atoms with van der Waals surface area (Å²) in [4.78, 5) is 35.9. The van der Waals surface area contributed by atoms with Gasteiger partial charge in [-0.05, 0) is 31.5 Å². The van der Waals surface area contributed by atoms with Crippen molar-refractivity contribution in [1.29, 1.82) is 0 Å². The second kappa shape index (κ2) is 10.3.